The molecule has 2 saturated heterocycles. The van der Waals surface area contributed by atoms with Gasteiger partial charge in [-0.1, -0.05) is 13.3 Å². The second-order valence-electron chi connectivity index (χ2n) is 6.47. The molecule has 2 aliphatic rings. The van der Waals surface area contributed by atoms with Gasteiger partial charge in [-0.3, -0.25) is 4.90 Å². The Balaban J connectivity index is 1.77. The molecule has 2 aliphatic heterocycles. The highest BCUT2D eigenvalue weighted by atomic mass is 15.2. The van der Waals surface area contributed by atoms with Crippen LogP contribution in [-0.4, -0.2) is 55.1 Å². The van der Waals surface area contributed by atoms with Crippen LogP contribution in [-0.2, 0) is 0 Å². The van der Waals surface area contributed by atoms with E-state index in [-0.39, 0.29) is 0 Å². The second-order valence-corrected chi connectivity index (χ2v) is 6.47. The first-order chi connectivity index (χ1) is 8.70. The molecule has 0 aromatic carbocycles. The molecule has 0 spiro atoms. The van der Waals surface area contributed by atoms with E-state index in [0.717, 1.165) is 18.5 Å². The standard InChI is InChI=1S/C15H31N3/c1-13-6-9-18(15(11-13)12-16)10-7-14-5-3-4-8-17(14)2/h13-15H,3-12,16H2,1-2H3. The van der Waals surface area contributed by atoms with Crippen molar-refractivity contribution in [3.05, 3.63) is 0 Å². The first-order valence-electron chi connectivity index (χ1n) is 7.85. The number of nitrogens with zero attached hydrogens (tertiary/aromatic N) is 2. The topological polar surface area (TPSA) is 32.5 Å². The van der Waals surface area contributed by atoms with Crippen LogP contribution in [0.2, 0.25) is 0 Å². The maximum Gasteiger partial charge on any atom is 0.0220 e. The van der Waals surface area contributed by atoms with Gasteiger partial charge in [0.25, 0.3) is 0 Å². The summed E-state index contributed by atoms with van der Waals surface area (Å²) >= 11 is 0. The molecule has 0 aliphatic carbocycles. The Hall–Kier alpha value is -0.120. The molecule has 3 atom stereocenters. The SMILES string of the molecule is CC1CCN(CCC2CCCCN2C)C(CN)C1. The summed E-state index contributed by atoms with van der Waals surface area (Å²) in [7, 11) is 2.29. The molecule has 0 bridgehead atoms. The monoisotopic (exact) mass is 253 g/mol. The highest BCUT2D eigenvalue weighted by Gasteiger charge is 2.26. The van der Waals surface area contributed by atoms with Gasteiger partial charge in [-0.25, -0.2) is 0 Å². The normalized spacial score (nSPS) is 35.8. The van der Waals surface area contributed by atoms with Crippen molar-refractivity contribution in [3.8, 4) is 0 Å². The number of rotatable bonds is 4. The van der Waals surface area contributed by atoms with E-state index in [1.807, 2.05) is 0 Å². The van der Waals surface area contributed by atoms with Gasteiger partial charge in [0.2, 0.25) is 0 Å². The van der Waals surface area contributed by atoms with E-state index in [9.17, 15) is 0 Å². The molecule has 2 heterocycles. The minimum atomic E-state index is 0.641. The molecule has 3 nitrogen and oxygen atoms in total. The van der Waals surface area contributed by atoms with Crippen LogP contribution in [0.1, 0.15) is 45.4 Å². The molecule has 2 rings (SSSR count). The summed E-state index contributed by atoms with van der Waals surface area (Å²) in [6.07, 6.45) is 8.20. The molecule has 3 heteroatoms. The van der Waals surface area contributed by atoms with Crippen LogP contribution in [0, 0.1) is 5.92 Å². The maximum atomic E-state index is 5.94. The lowest BCUT2D eigenvalue weighted by Crippen LogP contribution is -2.48. The zero-order chi connectivity index (χ0) is 13.0. The predicted molar refractivity (Wildman–Crippen MR) is 77.7 cm³/mol. The zero-order valence-electron chi connectivity index (χ0n) is 12.3. The van der Waals surface area contributed by atoms with Gasteiger partial charge >= 0.3 is 0 Å². The van der Waals surface area contributed by atoms with Gasteiger partial charge in [0.05, 0.1) is 0 Å². The zero-order valence-corrected chi connectivity index (χ0v) is 12.3. The van der Waals surface area contributed by atoms with E-state index >= 15 is 0 Å². The fourth-order valence-corrected chi connectivity index (χ4v) is 3.66. The summed E-state index contributed by atoms with van der Waals surface area (Å²) in [4.78, 5) is 5.22. The average Bonchev–Trinajstić information content (AvgIpc) is 2.39. The third-order valence-electron chi connectivity index (χ3n) is 5.04. The first-order valence-corrected chi connectivity index (χ1v) is 7.85. The number of hydrogen-bond donors (Lipinski definition) is 1. The quantitative estimate of drug-likeness (QED) is 0.831. The summed E-state index contributed by atoms with van der Waals surface area (Å²) in [5.41, 5.74) is 5.94. The lowest BCUT2D eigenvalue weighted by Gasteiger charge is -2.40. The molecule has 0 aromatic rings. The third kappa shape index (κ3) is 3.69. The summed E-state index contributed by atoms with van der Waals surface area (Å²) < 4.78 is 0. The number of nitrogens with two attached hydrogens (primary N) is 1. The summed E-state index contributed by atoms with van der Waals surface area (Å²) in [6.45, 7) is 7.02. The van der Waals surface area contributed by atoms with Gasteiger partial charge in [0, 0.05) is 18.6 Å². The molecule has 2 fully saturated rings. The van der Waals surface area contributed by atoms with Crippen LogP contribution in [0.3, 0.4) is 0 Å². The minimum absolute atomic E-state index is 0.641. The van der Waals surface area contributed by atoms with Gasteiger partial charge in [0.1, 0.15) is 0 Å². The van der Waals surface area contributed by atoms with Crippen molar-refractivity contribution in [2.75, 3.05) is 33.2 Å². The smallest absolute Gasteiger partial charge is 0.0220 e. The molecule has 0 saturated carbocycles. The average molecular weight is 253 g/mol. The van der Waals surface area contributed by atoms with Crippen LogP contribution in [0.25, 0.3) is 0 Å². The van der Waals surface area contributed by atoms with Crippen molar-refractivity contribution >= 4 is 0 Å². The highest BCUT2D eigenvalue weighted by Crippen LogP contribution is 2.24. The molecular formula is C15H31N3. The molecule has 18 heavy (non-hydrogen) atoms. The maximum absolute atomic E-state index is 5.94. The molecule has 106 valence electrons. The van der Waals surface area contributed by atoms with Crippen molar-refractivity contribution in [1.29, 1.82) is 0 Å². The lowest BCUT2D eigenvalue weighted by atomic mass is 9.91. The Morgan fingerprint density at radius 3 is 2.67 bits per heavy atom. The Morgan fingerprint density at radius 1 is 1.11 bits per heavy atom. The summed E-state index contributed by atoms with van der Waals surface area (Å²) in [6, 6.07) is 1.46. The molecule has 2 N–H and O–H groups in total. The molecular weight excluding hydrogens is 222 g/mol. The minimum Gasteiger partial charge on any atom is -0.329 e. The third-order valence-corrected chi connectivity index (χ3v) is 5.04. The fraction of sp³-hybridized carbons (Fsp3) is 1.00. The van der Waals surface area contributed by atoms with Crippen LogP contribution >= 0.6 is 0 Å². The lowest BCUT2D eigenvalue weighted by molar-refractivity contribution is 0.0973. The van der Waals surface area contributed by atoms with Crippen molar-refractivity contribution in [3.63, 3.8) is 0 Å². The first kappa shape index (κ1) is 14.3. The predicted octanol–water partition coefficient (Wildman–Crippen LogP) is 1.92. The van der Waals surface area contributed by atoms with E-state index in [0.29, 0.717) is 6.04 Å². The Morgan fingerprint density at radius 2 is 1.94 bits per heavy atom. The van der Waals surface area contributed by atoms with E-state index in [4.69, 9.17) is 5.73 Å². The van der Waals surface area contributed by atoms with E-state index < -0.39 is 0 Å². The number of piperidine rings is 2. The largest absolute Gasteiger partial charge is 0.329 e. The van der Waals surface area contributed by atoms with Crippen LogP contribution < -0.4 is 5.73 Å². The summed E-state index contributed by atoms with van der Waals surface area (Å²) in [5.74, 6) is 0.868. The fourth-order valence-electron chi connectivity index (χ4n) is 3.66. The van der Waals surface area contributed by atoms with Crippen molar-refractivity contribution < 1.29 is 0 Å². The molecule has 0 amide bonds. The van der Waals surface area contributed by atoms with Gasteiger partial charge < -0.3 is 10.6 Å². The highest BCUT2D eigenvalue weighted by molar-refractivity contribution is 4.83. The van der Waals surface area contributed by atoms with Crippen LogP contribution in [0.15, 0.2) is 0 Å². The van der Waals surface area contributed by atoms with E-state index in [2.05, 4.69) is 23.8 Å². The number of hydrogen-bond acceptors (Lipinski definition) is 3. The number of likely N-dealkylation sites (tertiary alicyclic amines) is 2. The Labute approximate surface area is 113 Å². The molecule has 0 aromatic heterocycles. The van der Waals surface area contributed by atoms with Gasteiger partial charge in [-0.15, -0.1) is 0 Å². The second kappa shape index (κ2) is 6.88. The van der Waals surface area contributed by atoms with Crippen molar-refractivity contribution in [1.82, 2.24) is 9.80 Å². The van der Waals surface area contributed by atoms with Gasteiger partial charge in [-0.2, -0.15) is 0 Å². The Bertz CT molecular complexity index is 244. The van der Waals surface area contributed by atoms with Crippen LogP contribution in [0.4, 0.5) is 0 Å². The van der Waals surface area contributed by atoms with Crippen LogP contribution in [0.5, 0.6) is 0 Å². The van der Waals surface area contributed by atoms with Crippen molar-refractivity contribution in [2.45, 2.75) is 57.5 Å². The summed E-state index contributed by atoms with van der Waals surface area (Å²) in [5, 5.41) is 0. The van der Waals surface area contributed by atoms with E-state index in [1.54, 1.807) is 0 Å². The molecule has 3 unspecified atom stereocenters. The van der Waals surface area contributed by atoms with Gasteiger partial charge in [0.15, 0.2) is 0 Å². The van der Waals surface area contributed by atoms with Gasteiger partial charge in [-0.05, 0) is 64.7 Å². The molecule has 0 radical (unpaired) electrons. The van der Waals surface area contributed by atoms with Crippen molar-refractivity contribution in [2.24, 2.45) is 11.7 Å². The Kier molecular flexibility index (Phi) is 5.46. The van der Waals surface area contributed by atoms with E-state index in [1.165, 1.54) is 58.2 Å².